The number of likely N-dealkylation sites (tertiary alicyclic amines) is 1. The van der Waals surface area contributed by atoms with Crippen molar-refractivity contribution in [1.29, 1.82) is 0 Å². The van der Waals surface area contributed by atoms with Gasteiger partial charge in [0, 0.05) is 13.1 Å². The van der Waals surface area contributed by atoms with Crippen LogP contribution < -0.4 is 5.32 Å². The lowest BCUT2D eigenvalue weighted by atomic mass is 10.1. The zero-order valence-electron chi connectivity index (χ0n) is 8.71. The molecule has 1 fully saturated rings. The molecule has 1 aliphatic heterocycles. The van der Waals surface area contributed by atoms with Crippen LogP contribution in [0.3, 0.4) is 0 Å². The zero-order valence-corrected chi connectivity index (χ0v) is 8.71. The Hall–Kier alpha value is -0.520. The Bertz CT molecular complexity index is 183. The predicted octanol–water partition coefficient (Wildman–Crippen LogP) is 0.940. The summed E-state index contributed by atoms with van der Waals surface area (Å²) in [6, 6.07) is 0.269. The summed E-state index contributed by atoms with van der Waals surface area (Å²) in [7, 11) is 2.18. The molecule has 1 saturated heterocycles. The van der Waals surface area contributed by atoms with E-state index in [0.717, 1.165) is 18.9 Å². The summed E-state index contributed by atoms with van der Waals surface area (Å²) in [6.07, 6.45) is 7.71. The van der Waals surface area contributed by atoms with Crippen LogP contribution in [0.1, 0.15) is 19.8 Å². The van der Waals surface area contributed by atoms with Crippen molar-refractivity contribution in [3.8, 4) is 12.3 Å². The molecule has 1 aliphatic rings. The number of hydrogen-bond acceptors (Lipinski definition) is 2. The van der Waals surface area contributed by atoms with E-state index >= 15 is 0 Å². The molecule has 1 rings (SSSR count). The van der Waals surface area contributed by atoms with E-state index in [1.54, 1.807) is 0 Å². The van der Waals surface area contributed by atoms with Crippen molar-refractivity contribution >= 4 is 0 Å². The Morgan fingerprint density at radius 3 is 2.92 bits per heavy atom. The van der Waals surface area contributed by atoms with Gasteiger partial charge >= 0.3 is 0 Å². The first-order valence-corrected chi connectivity index (χ1v) is 5.14. The van der Waals surface area contributed by atoms with Crippen LogP contribution in [0.25, 0.3) is 0 Å². The van der Waals surface area contributed by atoms with E-state index in [-0.39, 0.29) is 6.04 Å². The van der Waals surface area contributed by atoms with Gasteiger partial charge in [0.25, 0.3) is 0 Å². The summed E-state index contributed by atoms with van der Waals surface area (Å²) in [6.45, 7) is 5.65. The molecule has 2 unspecified atom stereocenters. The molecule has 1 heterocycles. The zero-order chi connectivity index (χ0) is 9.68. The van der Waals surface area contributed by atoms with Gasteiger partial charge in [-0.25, -0.2) is 0 Å². The highest BCUT2D eigenvalue weighted by atomic mass is 15.1. The third-order valence-corrected chi connectivity index (χ3v) is 2.75. The average molecular weight is 180 g/mol. The highest BCUT2D eigenvalue weighted by Crippen LogP contribution is 2.13. The maximum Gasteiger partial charge on any atom is 0.0684 e. The number of terminal acetylenes is 1. The second kappa shape index (κ2) is 5.26. The lowest BCUT2D eigenvalue weighted by Crippen LogP contribution is -2.32. The van der Waals surface area contributed by atoms with Crippen LogP contribution >= 0.6 is 0 Å². The molecule has 0 aliphatic carbocycles. The first kappa shape index (κ1) is 10.6. The first-order chi connectivity index (χ1) is 6.26. The predicted molar refractivity (Wildman–Crippen MR) is 56.5 cm³/mol. The minimum atomic E-state index is 0.269. The molecule has 0 spiro atoms. The lowest BCUT2D eigenvalue weighted by molar-refractivity contribution is 0.384. The SMILES string of the molecule is C#CC(CC)NCC1CCN(C)C1. The Morgan fingerprint density at radius 2 is 2.46 bits per heavy atom. The first-order valence-electron chi connectivity index (χ1n) is 5.14. The van der Waals surface area contributed by atoms with Crippen molar-refractivity contribution in [2.45, 2.75) is 25.8 Å². The molecule has 0 aromatic rings. The summed E-state index contributed by atoms with van der Waals surface area (Å²) in [5, 5.41) is 3.42. The van der Waals surface area contributed by atoms with Gasteiger partial charge in [0.2, 0.25) is 0 Å². The van der Waals surface area contributed by atoms with Crippen molar-refractivity contribution in [3.63, 3.8) is 0 Å². The van der Waals surface area contributed by atoms with Crippen LogP contribution in [0.15, 0.2) is 0 Å². The second-order valence-corrected chi connectivity index (χ2v) is 3.95. The molecule has 0 aromatic heterocycles. The van der Waals surface area contributed by atoms with Gasteiger partial charge in [-0.2, -0.15) is 0 Å². The number of nitrogens with one attached hydrogen (secondary N) is 1. The van der Waals surface area contributed by atoms with Gasteiger partial charge < -0.3 is 10.2 Å². The summed E-state index contributed by atoms with van der Waals surface area (Å²) in [5.41, 5.74) is 0. The Labute approximate surface area is 81.7 Å². The smallest absolute Gasteiger partial charge is 0.0684 e. The average Bonchev–Trinajstić information content (AvgIpc) is 2.53. The molecule has 0 bridgehead atoms. The Morgan fingerprint density at radius 1 is 1.69 bits per heavy atom. The fourth-order valence-corrected chi connectivity index (χ4v) is 1.82. The summed E-state index contributed by atoms with van der Waals surface area (Å²) in [5.74, 6) is 3.56. The summed E-state index contributed by atoms with van der Waals surface area (Å²) in [4.78, 5) is 2.38. The fourth-order valence-electron chi connectivity index (χ4n) is 1.82. The van der Waals surface area contributed by atoms with E-state index in [9.17, 15) is 0 Å². The normalized spacial score (nSPS) is 25.8. The summed E-state index contributed by atoms with van der Waals surface area (Å²) >= 11 is 0. The van der Waals surface area contributed by atoms with E-state index in [1.807, 2.05) is 0 Å². The van der Waals surface area contributed by atoms with Gasteiger partial charge in [0.15, 0.2) is 0 Å². The van der Waals surface area contributed by atoms with E-state index < -0.39 is 0 Å². The molecule has 0 aromatic carbocycles. The van der Waals surface area contributed by atoms with Crippen LogP contribution in [0.4, 0.5) is 0 Å². The quantitative estimate of drug-likeness (QED) is 0.648. The second-order valence-electron chi connectivity index (χ2n) is 3.95. The van der Waals surface area contributed by atoms with E-state index in [4.69, 9.17) is 6.42 Å². The molecule has 1 N–H and O–H groups in total. The molecule has 74 valence electrons. The summed E-state index contributed by atoms with van der Waals surface area (Å²) < 4.78 is 0. The Balaban J connectivity index is 2.16. The highest BCUT2D eigenvalue weighted by Gasteiger charge is 2.19. The maximum atomic E-state index is 5.37. The van der Waals surface area contributed by atoms with Gasteiger partial charge in [0.1, 0.15) is 0 Å². The Kier molecular flexibility index (Phi) is 4.27. The van der Waals surface area contributed by atoms with Crippen molar-refractivity contribution in [2.24, 2.45) is 5.92 Å². The third kappa shape index (κ3) is 3.38. The lowest BCUT2D eigenvalue weighted by Gasteiger charge is -2.15. The molecule has 13 heavy (non-hydrogen) atoms. The van der Waals surface area contributed by atoms with Gasteiger partial charge in [-0.15, -0.1) is 6.42 Å². The van der Waals surface area contributed by atoms with Crippen molar-refractivity contribution in [2.75, 3.05) is 26.7 Å². The minimum absolute atomic E-state index is 0.269. The van der Waals surface area contributed by atoms with E-state index in [1.165, 1.54) is 19.5 Å². The van der Waals surface area contributed by atoms with Gasteiger partial charge in [-0.1, -0.05) is 12.8 Å². The van der Waals surface area contributed by atoms with Crippen molar-refractivity contribution in [3.05, 3.63) is 0 Å². The van der Waals surface area contributed by atoms with Crippen LogP contribution in [0.2, 0.25) is 0 Å². The van der Waals surface area contributed by atoms with E-state index in [2.05, 4.69) is 30.1 Å². The van der Waals surface area contributed by atoms with Gasteiger partial charge in [0.05, 0.1) is 6.04 Å². The third-order valence-electron chi connectivity index (χ3n) is 2.75. The number of nitrogens with zero attached hydrogens (tertiary/aromatic N) is 1. The maximum absolute atomic E-state index is 5.37. The van der Waals surface area contributed by atoms with Crippen LogP contribution in [0.5, 0.6) is 0 Å². The largest absolute Gasteiger partial charge is 0.306 e. The molecule has 2 atom stereocenters. The van der Waals surface area contributed by atoms with E-state index in [0.29, 0.717) is 0 Å². The molecule has 2 heteroatoms. The van der Waals surface area contributed by atoms with Crippen molar-refractivity contribution in [1.82, 2.24) is 10.2 Å². The minimum Gasteiger partial charge on any atom is -0.306 e. The van der Waals surface area contributed by atoms with Crippen molar-refractivity contribution < 1.29 is 0 Å². The molecule has 0 saturated carbocycles. The molecule has 0 amide bonds. The fraction of sp³-hybridized carbons (Fsp3) is 0.818. The molecular weight excluding hydrogens is 160 g/mol. The topological polar surface area (TPSA) is 15.3 Å². The van der Waals surface area contributed by atoms with Crippen LogP contribution in [-0.2, 0) is 0 Å². The molecule has 0 radical (unpaired) electrons. The van der Waals surface area contributed by atoms with Crippen LogP contribution in [-0.4, -0.2) is 37.6 Å². The monoisotopic (exact) mass is 180 g/mol. The van der Waals surface area contributed by atoms with Gasteiger partial charge in [-0.3, -0.25) is 0 Å². The standard InChI is InChI=1S/C11H20N2/c1-4-11(5-2)12-8-10-6-7-13(3)9-10/h1,10-12H,5-9H2,2-3H3. The molecule has 2 nitrogen and oxygen atoms in total. The number of rotatable bonds is 4. The molecular formula is C11H20N2. The van der Waals surface area contributed by atoms with Crippen LogP contribution in [0, 0.1) is 18.3 Å². The number of hydrogen-bond donors (Lipinski definition) is 1. The van der Waals surface area contributed by atoms with Gasteiger partial charge in [-0.05, 0) is 32.4 Å². The highest BCUT2D eigenvalue weighted by molar-refractivity contribution is 4.98.